The first-order valence-electron chi connectivity index (χ1n) is 11.2. The Balaban J connectivity index is 1.37. The lowest BCUT2D eigenvalue weighted by Gasteiger charge is -2.13. The lowest BCUT2D eigenvalue weighted by Crippen LogP contribution is -2.32. The standard InChI is InChI=1S/C24H28N4O5S2/c1-25-24-27-21(15-34-24)16-7-12-22(32-2)20(13-16)26-23(29)14-33-18-8-10-19(11-9-18)35(30,31)28-17-5-3-4-6-17/h7-13,15,17,28H,3-6,14H2,1-2H3,(H,25,27)(H,26,29). The number of carbonyl (C=O) groups is 1. The van der Waals surface area contributed by atoms with Gasteiger partial charge in [0.2, 0.25) is 10.0 Å². The van der Waals surface area contributed by atoms with Gasteiger partial charge in [0, 0.05) is 24.0 Å². The smallest absolute Gasteiger partial charge is 0.262 e. The number of hydrogen-bond acceptors (Lipinski definition) is 8. The Kier molecular flexibility index (Phi) is 7.89. The first-order chi connectivity index (χ1) is 16.9. The summed E-state index contributed by atoms with van der Waals surface area (Å²) in [6, 6.07) is 11.5. The Morgan fingerprint density at radius 2 is 1.89 bits per heavy atom. The molecule has 11 heteroatoms. The molecule has 0 unspecified atom stereocenters. The summed E-state index contributed by atoms with van der Waals surface area (Å²) in [7, 11) is -0.239. The van der Waals surface area contributed by atoms with Crippen LogP contribution in [-0.2, 0) is 14.8 Å². The van der Waals surface area contributed by atoms with Gasteiger partial charge in [0.15, 0.2) is 11.7 Å². The predicted octanol–water partition coefficient (Wildman–Crippen LogP) is 4.10. The summed E-state index contributed by atoms with van der Waals surface area (Å²) in [4.78, 5) is 17.2. The molecule has 1 fully saturated rings. The van der Waals surface area contributed by atoms with Gasteiger partial charge in [0.1, 0.15) is 11.5 Å². The van der Waals surface area contributed by atoms with Crippen molar-refractivity contribution < 1.29 is 22.7 Å². The summed E-state index contributed by atoms with van der Waals surface area (Å²) < 4.78 is 38.8. The zero-order chi connectivity index (χ0) is 24.8. The highest BCUT2D eigenvalue weighted by Crippen LogP contribution is 2.32. The molecule has 0 aliphatic heterocycles. The first-order valence-corrected chi connectivity index (χ1v) is 13.6. The van der Waals surface area contributed by atoms with E-state index in [0.29, 0.717) is 17.2 Å². The van der Waals surface area contributed by atoms with Gasteiger partial charge in [0.05, 0.1) is 23.4 Å². The zero-order valence-electron chi connectivity index (χ0n) is 19.5. The molecule has 0 atom stereocenters. The van der Waals surface area contributed by atoms with E-state index in [-0.39, 0.29) is 23.5 Å². The van der Waals surface area contributed by atoms with Gasteiger partial charge in [-0.15, -0.1) is 11.3 Å². The van der Waals surface area contributed by atoms with Crippen LogP contribution in [0, 0.1) is 0 Å². The Bertz CT molecular complexity index is 1270. The minimum absolute atomic E-state index is 0.00371. The van der Waals surface area contributed by atoms with Crippen LogP contribution in [0.1, 0.15) is 25.7 Å². The van der Waals surface area contributed by atoms with Crippen molar-refractivity contribution in [3.8, 4) is 22.8 Å². The molecule has 1 saturated carbocycles. The normalized spacial score (nSPS) is 14.0. The summed E-state index contributed by atoms with van der Waals surface area (Å²) in [5.74, 6) is 0.521. The summed E-state index contributed by atoms with van der Waals surface area (Å²) in [5, 5.41) is 8.53. The Hall–Kier alpha value is -3.15. The average Bonchev–Trinajstić information content (AvgIpc) is 3.55. The molecule has 9 nitrogen and oxygen atoms in total. The van der Waals surface area contributed by atoms with Gasteiger partial charge < -0.3 is 20.1 Å². The molecule has 35 heavy (non-hydrogen) atoms. The van der Waals surface area contributed by atoms with Crippen LogP contribution in [0.4, 0.5) is 10.8 Å². The van der Waals surface area contributed by atoms with Crippen LogP contribution in [0.3, 0.4) is 0 Å². The van der Waals surface area contributed by atoms with Crippen LogP contribution >= 0.6 is 11.3 Å². The number of amides is 1. The zero-order valence-corrected chi connectivity index (χ0v) is 21.2. The molecule has 0 saturated heterocycles. The third-order valence-electron chi connectivity index (χ3n) is 5.67. The van der Waals surface area contributed by atoms with E-state index in [1.54, 1.807) is 24.3 Å². The second-order valence-electron chi connectivity index (χ2n) is 8.11. The highest BCUT2D eigenvalue weighted by Gasteiger charge is 2.23. The molecule has 2 aromatic carbocycles. The molecule has 186 valence electrons. The fourth-order valence-electron chi connectivity index (χ4n) is 3.87. The number of anilines is 2. The monoisotopic (exact) mass is 516 g/mol. The van der Waals surface area contributed by atoms with E-state index >= 15 is 0 Å². The van der Waals surface area contributed by atoms with E-state index in [0.717, 1.165) is 42.1 Å². The number of rotatable bonds is 10. The Morgan fingerprint density at radius 1 is 1.14 bits per heavy atom. The molecule has 1 heterocycles. The number of hydrogen-bond donors (Lipinski definition) is 3. The number of methoxy groups -OCH3 is 1. The van der Waals surface area contributed by atoms with Crippen LogP contribution in [-0.4, -0.2) is 46.1 Å². The lowest BCUT2D eigenvalue weighted by molar-refractivity contribution is -0.118. The fraction of sp³-hybridized carbons (Fsp3) is 0.333. The van der Waals surface area contributed by atoms with Crippen molar-refractivity contribution in [2.75, 3.05) is 31.4 Å². The van der Waals surface area contributed by atoms with Crippen molar-refractivity contribution in [1.82, 2.24) is 9.71 Å². The topological polar surface area (TPSA) is 119 Å². The quantitative estimate of drug-likeness (QED) is 0.371. The fourth-order valence-corrected chi connectivity index (χ4v) is 5.85. The highest BCUT2D eigenvalue weighted by molar-refractivity contribution is 7.89. The van der Waals surface area contributed by atoms with Gasteiger partial charge in [-0.25, -0.2) is 18.1 Å². The van der Waals surface area contributed by atoms with Crippen molar-refractivity contribution >= 4 is 38.1 Å². The minimum atomic E-state index is -3.57. The number of benzene rings is 2. The SMILES string of the molecule is CNc1nc(-c2ccc(OC)c(NC(=O)COc3ccc(S(=O)(=O)NC4CCCC4)cc3)c2)cs1. The summed E-state index contributed by atoms with van der Waals surface area (Å²) in [5.41, 5.74) is 2.12. The van der Waals surface area contributed by atoms with E-state index in [1.165, 1.54) is 30.6 Å². The van der Waals surface area contributed by atoms with Crippen molar-refractivity contribution in [2.45, 2.75) is 36.6 Å². The Labute approximate surface area is 208 Å². The van der Waals surface area contributed by atoms with E-state index < -0.39 is 10.0 Å². The van der Waals surface area contributed by atoms with Crippen molar-refractivity contribution in [3.05, 3.63) is 47.8 Å². The molecule has 4 rings (SSSR count). The van der Waals surface area contributed by atoms with Gasteiger partial charge in [-0.3, -0.25) is 4.79 Å². The molecule has 0 spiro atoms. The van der Waals surface area contributed by atoms with Crippen molar-refractivity contribution in [1.29, 1.82) is 0 Å². The van der Waals surface area contributed by atoms with Crippen LogP contribution in [0.5, 0.6) is 11.5 Å². The van der Waals surface area contributed by atoms with Crippen molar-refractivity contribution in [2.24, 2.45) is 0 Å². The number of aromatic nitrogens is 1. The summed E-state index contributed by atoms with van der Waals surface area (Å²) in [6.45, 7) is -0.250. The summed E-state index contributed by atoms with van der Waals surface area (Å²) >= 11 is 1.49. The lowest BCUT2D eigenvalue weighted by atomic mass is 10.1. The highest BCUT2D eigenvalue weighted by atomic mass is 32.2. The van der Waals surface area contributed by atoms with Gasteiger partial charge >= 0.3 is 0 Å². The van der Waals surface area contributed by atoms with Crippen LogP contribution < -0.4 is 24.8 Å². The number of nitrogens with zero attached hydrogens (tertiary/aromatic N) is 1. The van der Waals surface area contributed by atoms with Gasteiger partial charge in [0.25, 0.3) is 5.91 Å². The maximum Gasteiger partial charge on any atom is 0.262 e. The first kappa shape index (κ1) is 25.0. The summed E-state index contributed by atoms with van der Waals surface area (Å²) in [6.07, 6.45) is 3.81. The molecule has 1 aliphatic carbocycles. The maximum atomic E-state index is 12.6. The van der Waals surface area contributed by atoms with E-state index in [2.05, 4.69) is 20.3 Å². The number of sulfonamides is 1. The van der Waals surface area contributed by atoms with Crippen LogP contribution in [0.2, 0.25) is 0 Å². The number of carbonyl (C=O) groups excluding carboxylic acids is 1. The molecule has 1 aromatic heterocycles. The molecule has 3 N–H and O–H groups in total. The van der Waals surface area contributed by atoms with Gasteiger partial charge in [-0.2, -0.15) is 0 Å². The number of nitrogens with one attached hydrogen (secondary N) is 3. The third kappa shape index (κ3) is 6.30. The van der Waals surface area contributed by atoms with Crippen LogP contribution in [0.15, 0.2) is 52.7 Å². The molecular weight excluding hydrogens is 488 g/mol. The van der Waals surface area contributed by atoms with E-state index in [4.69, 9.17) is 9.47 Å². The second kappa shape index (κ2) is 11.1. The van der Waals surface area contributed by atoms with Crippen LogP contribution in [0.25, 0.3) is 11.3 Å². The minimum Gasteiger partial charge on any atom is -0.495 e. The van der Waals surface area contributed by atoms with E-state index in [9.17, 15) is 13.2 Å². The van der Waals surface area contributed by atoms with E-state index in [1.807, 2.05) is 18.5 Å². The molecule has 0 bridgehead atoms. The molecule has 0 radical (unpaired) electrons. The Morgan fingerprint density at radius 3 is 2.54 bits per heavy atom. The molecule has 1 amide bonds. The predicted molar refractivity (Wildman–Crippen MR) is 137 cm³/mol. The second-order valence-corrected chi connectivity index (χ2v) is 10.7. The number of thiazole rings is 1. The number of ether oxygens (including phenoxy) is 2. The molecule has 3 aromatic rings. The third-order valence-corrected chi connectivity index (χ3v) is 8.06. The maximum absolute atomic E-state index is 12.6. The largest absolute Gasteiger partial charge is 0.495 e. The van der Waals surface area contributed by atoms with Crippen molar-refractivity contribution in [3.63, 3.8) is 0 Å². The van der Waals surface area contributed by atoms with Gasteiger partial charge in [-0.05, 0) is 55.3 Å². The molecule has 1 aliphatic rings. The average molecular weight is 517 g/mol. The molecular formula is C24H28N4O5S2. The van der Waals surface area contributed by atoms with Gasteiger partial charge in [-0.1, -0.05) is 12.8 Å².